The molecule has 1 amide bonds. The number of aromatic nitrogens is 1. The molecule has 5 nitrogen and oxygen atoms in total. The molecule has 0 saturated carbocycles. The molecule has 1 aromatic heterocycles. The van der Waals surface area contributed by atoms with Gasteiger partial charge < -0.3 is 10.2 Å². The number of hydrogen-bond acceptors (Lipinski definition) is 4. The Hall–Kier alpha value is -1.62. The fourth-order valence-corrected chi connectivity index (χ4v) is 2.49. The Morgan fingerprint density at radius 2 is 2.22 bits per heavy atom. The van der Waals surface area contributed by atoms with Gasteiger partial charge in [-0.05, 0) is 18.6 Å². The fourth-order valence-electron chi connectivity index (χ4n) is 2.49. The Morgan fingerprint density at radius 3 is 2.89 bits per heavy atom. The number of anilines is 1. The van der Waals surface area contributed by atoms with E-state index >= 15 is 0 Å². The number of nitrogens with zero attached hydrogens (tertiary/aromatic N) is 3. The Kier molecular flexibility index (Phi) is 2.91. The molecule has 3 heterocycles. The van der Waals surface area contributed by atoms with Gasteiger partial charge in [0.2, 0.25) is 5.91 Å². The van der Waals surface area contributed by atoms with Crippen molar-refractivity contribution in [3.63, 3.8) is 0 Å². The molecule has 96 valence electrons. The van der Waals surface area contributed by atoms with Crippen molar-refractivity contribution in [2.75, 3.05) is 37.6 Å². The predicted octanol–water partition coefficient (Wildman–Crippen LogP) is 0.0104. The molecule has 1 aromatic rings. The molecule has 2 fully saturated rings. The summed E-state index contributed by atoms with van der Waals surface area (Å²) in [5, 5.41) is 2.86. The minimum absolute atomic E-state index is 0.146. The van der Waals surface area contributed by atoms with Crippen LogP contribution in [0.25, 0.3) is 0 Å². The van der Waals surface area contributed by atoms with Gasteiger partial charge in [-0.15, -0.1) is 0 Å². The molecule has 0 aliphatic carbocycles. The lowest BCUT2D eigenvalue weighted by atomic mass is 10.1. The Morgan fingerprint density at radius 1 is 1.39 bits per heavy atom. The summed E-state index contributed by atoms with van der Waals surface area (Å²) in [7, 11) is 0. The summed E-state index contributed by atoms with van der Waals surface area (Å²) in [5.74, 6) is 1.19. The third kappa shape index (κ3) is 2.18. The van der Waals surface area contributed by atoms with E-state index in [9.17, 15) is 4.79 Å². The van der Waals surface area contributed by atoms with Gasteiger partial charge in [-0.25, -0.2) is 4.98 Å². The second-order valence-corrected chi connectivity index (χ2v) is 5.07. The van der Waals surface area contributed by atoms with Crippen molar-refractivity contribution >= 4 is 11.7 Å². The van der Waals surface area contributed by atoms with Crippen LogP contribution in [0.5, 0.6) is 0 Å². The summed E-state index contributed by atoms with van der Waals surface area (Å²) in [5.41, 5.74) is 1.18. The SMILES string of the molecule is Cc1ccc(N2CC(N3CCNC(=O)C3)C2)nc1. The molecule has 0 bridgehead atoms. The summed E-state index contributed by atoms with van der Waals surface area (Å²) in [4.78, 5) is 20.3. The molecule has 5 heteroatoms. The molecule has 0 spiro atoms. The molecule has 3 rings (SSSR count). The molecule has 0 unspecified atom stereocenters. The molecule has 0 aromatic carbocycles. The van der Waals surface area contributed by atoms with E-state index in [1.165, 1.54) is 5.56 Å². The molecule has 1 N–H and O–H groups in total. The minimum atomic E-state index is 0.146. The Balaban J connectivity index is 1.56. The first kappa shape index (κ1) is 11.5. The summed E-state index contributed by atoms with van der Waals surface area (Å²) in [6, 6.07) is 4.65. The Labute approximate surface area is 107 Å². The highest BCUT2D eigenvalue weighted by Gasteiger charge is 2.34. The maximum Gasteiger partial charge on any atom is 0.234 e. The molecule has 2 aliphatic heterocycles. The van der Waals surface area contributed by atoms with Crippen LogP contribution in [-0.2, 0) is 4.79 Å². The smallest absolute Gasteiger partial charge is 0.234 e. The second-order valence-electron chi connectivity index (χ2n) is 5.07. The topological polar surface area (TPSA) is 48.5 Å². The van der Waals surface area contributed by atoms with Crippen molar-refractivity contribution in [3.05, 3.63) is 23.9 Å². The van der Waals surface area contributed by atoms with Crippen LogP contribution < -0.4 is 10.2 Å². The van der Waals surface area contributed by atoms with Crippen molar-refractivity contribution in [2.24, 2.45) is 0 Å². The van der Waals surface area contributed by atoms with E-state index in [2.05, 4.69) is 32.2 Å². The lowest BCUT2D eigenvalue weighted by Crippen LogP contribution is -2.64. The number of carbonyl (C=O) groups is 1. The van der Waals surface area contributed by atoms with Gasteiger partial charge in [0, 0.05) is 38.4 Å². The lowest BCUT2D eigenvalue weighted by molar-refractivity contribution is -0.125. The van der Waals surface area contributed by atoms with Crippen LogP contribution in [0.1, 0.15) is 5.56 Å². The predicted molar refractivity (Wildman–Crippen MR) is 69.6 cm³/mol. The molecular weight excluding hydrogens is 228 g/mol. The van der Waals surface area contributed by atoms with Gasteiger partial charge >= 0.3 is 0 Å². The number of aryl methyl sites for hydroxylation is 1. The van der Waals surface area contributed by atoms with Gasteiger partial charge in [0.05, 0.1) is 6.54 Å². The monoisotopic (exact) mass is 246 g/mol. The highest BCUT2D eigenvalue weighted by Crippen LogP contribution is 2.22. The molecular formula is C13H18N4O. The van der Waals surface area contributed by atoms with Gasteiger partial charge in [-0.1, -0.05) is 6.07 Å². The zero-order valence-corrected chi connectivity index (χ0v) is 10.6. The van der Waals surface area contributed by atoms with Crippen molar-refractivity contribution < 1.29 is 4.79 Å². The summed E-state index contributed by atoms with van der Waals surface area (Å²) in [6.45, 7) is 6.28. The number of amides is 1. The van der Waals surface area contributed by atoms with Gasteiger partial charge in [0.1, 0.15) is 5.82 Å². The normalized spacial score (nSPS) is 21.6. The number of carbonyl (C=O) groups excluding carboxylic acids is 1. The van der Waals surface area contributed by atoms with Crippen molar-refractivity contribution in [1.82, 2.24) is 15.2 Å². The van der Waals surface area contributed by atoms with Crippen molar-refractivity contribution in [1.29, 1.82) is 0 Å². The highest BCUT2D eigenvalue weighted by molar-refractivity contribution is 5.78. The summed E-state index contributed by atoms with van der Waals surface area (Å²) >= 11 is 0. The van der Waals surface area contributed by atoms with E-state index < -0.39 is 0 Å². The maximum absolute atomic E-state index is 11.3. The van der Waals surface area contributed by atoms with Gasteiger partial charge in [-0.2, -0.15) is 0 Å². The minimum Gasteiger partial charge on any atom is -0.354 e. The molecule has 0 atom stereocenters. The highest BCUT2D eigenvalue weighted by atomic mass is 16.2. The van der Waals surface area contributed by atoms with Gasteiger partial charge in [0.25, 0.3) is 0 Å². The molecule has 0 radical (unpaired) electrons. The van der Waals surface area contributed by atoms with Crippen LogP contribution in [0.4, 0.5) is 5.82 Å². The third-order valence-corrected chi connectivity index (χ3v) is 3.67. The van der Waals surface area contributed by atoms with Crippen LogP contribution in [-0.4, -0.2) is 54.6 Å². The van der Waals surface area contributed by atoms with Crippen LogP contribution in [0.2, 0.25) is 0 Å². The zero-order chi connectivity index (χ0) is 12.5. The first-order valence-corrected chi connectivity index (χ1v) is 6.41. The maximum atomic E-state index is 11.3. The number of nitrogens with one attached hydrogen (secondary N) is 1. The van der Waals surface area contributed by atoms with E-state index in [-0.39, 0.29) is 5.91 Å². The standard InChI is InChI=1S/C13H18N4O/c1-10-2-3-12(15-6-10)17-7-11(8-17)16-5-4-14-13(18)9-16/h2-3,6,11H,4-5,7-9H2,1H3,(H,14,18). The van der Waals surface area contributed by atoms with E-state index in [0.717, 1.165) is 32.0 Å². The van der Waals surface area contributed by atoms with Crippen LogP contribution in [0, 0.1) is 6.92 Å². The van der Waals surface area contributed by atoms with Gasteiger partial charge in [-0.3, -0.25) is 9.69 Å². The van der Waals surface area contributed by atoms with E-state index in [4.69, 9.17) is 0 Å². The zero-order valence-electron chi connectivity index (χ0n) is 10.6. The first-order chi connectivity index (χ1) is 8.72. The van der Waals surface area contributed by atoms with Crippen LogP contribution >= 0.6 is 0 Å². The number of hydrogen-bond donors (Lipinski definition) is 1. The number of piperazine rings is 1. The molecule has 2 aliphatic rings. The van der Waals surface area contributed by atoms with Gasteiger partial charge in [0.15, 0.2) is 0 Å². The van der Waals surface area contributed by atoms with E-state index in [1.54, 1.807) is 0 Å². The average molecular weight is 246 g/mol. The second kappa shape index (κ2) is 4.57. The fraction of sp³-hybridized carbons (Fsp3) is 0.538. The number of pyridine rings is 1. The Bertz CT molecular complexity index is 439. The quantitative estimate of drug-likeness (QED) is 0.798. The van der Waals surface area contributed by atoms with E-state index in [1.807, 2.05) is 13.1 Å². The number of rotatable bonds is 2. The van der Waals surface area contributed by atoms with Crippen LogP contribution in [0.15, 0.2) is 18.3 Å². The summed E-state index contributed by atoms with van der Waals surface area (Å²) < 4.78 is 0. The first-order valence-electron chi connectivity index (χ1n) is 6.41. The third-order valence-electron chi connectivity index (χ3n) is 3.67. The largest absolute Gasteiger partial charge is 0.354 e. The molecule has 2 saturated heterocycles. The summed E-state index contributed by atoms with van der Waals surface area (Å²) in [6.07, 6.45) is 1.90. The molecule has 18 heavy (non-hydrogen) atoms. The van der Waals surface area contributed by atoms with Crippen molar-refractivity contribution in [2.45, 2.75) is 13.0 Å². The van der Waals surface area contributed by atoms with Crippen LogP contribution in [0.3, 0.4) is 0 Å². The lowest BCUT2D eigenvalue weighted by Gasteiger charge is -2.46. The van der Waals surface area contributed by atoms with Crippen molar-refractivity contribution in [3.8, 4) is 0 Å². The average Bonchev–Trinajstić information content (AvgIpc) is 2.30. The van der Waals surface area contributed by atoms with E-state index in [0.29, 0.717) is 12.6 Å².